The van der Waals surface area contributed by atoms with Crippen LogP contribution in [-0.2, 0) is 4.79 Å². The molecule has 1 fully saturated rings. The molecule has 0 saturated heterocycles. The van der Waals surface area contributed by atoms with Gasteiger partial charge in [-0.05, 0) is 24.7 Å². The van der Waals surface area contributed by atoms with Gasteiger partial charge in [0.25, 0.3) is 0 Å². The number of amides is 2. The third-order valence-corrected chi connectivity index (χ3v) is 3.66. The van der Waals surface area contributed by atoms with Crippen LogP contribution in [0.15, 0.2) is 0 Å². The van der Waals surface area contributed by atoms with Crippen molar-refractivity contribution in [3.05, 3.63) is 0 Å². The lowest BCUT2D eigenvalue weighted by atomic mass is 9.87. The summed E-state index contributed by atoms with van der Waals surface area (Å²) >= 11 is 0. The summed E-state index contributed by atoms with van der Waals surface area (Å²) in [4.78, 5) is 22.9. The van der Waals surface area contributed by atoms with E-state index in [9.17, 15) is 14.7 Å². The third-order valence-electron chi connectivity index (χ3n) is 3.66. The van der Waals surface area contributed by atoms with Crippen LogP contribution in [0.4, 0.5) is 4.79 Å². The molecule has 0 aromatic carbocycles. The highest BCUT2D eigenvalue weighted by Crippen LogP contribution is 2.22. The highest BCUT2D eigenvalue weighted by Gasteiger charge is 2.27. The summed E-state index contributed by atoms with van der Waals surface area (Å²) in [6, 6.07) is -1.04. The second-order valence-corrected chi connectivity index (χ2v) is 7.14. The second-order valence-electron chi connectivity index (χ2n) is 7.14. The molecule has 1 rings (SSSR count). The Morgan fingerprint density at radius 1 is 1.24 bits per heavy atom. The predicted molar refractivity (Wildman–Crippen MR) is 80.0 cm³/mol. The first-order valence-corrected chi connectivity index (χ1v) is 7.64. The average molecular weight is 300 g/mol. The first kappa shape index (κ1) is 17.8. The first-order valence-electron chi connectivity index (χ1n) is 7.64. The van der Waals surface area contributed by atoms with Gasteiger partial charge in [-0.1, -0.05) is 33.6 Å². The average Bonchev–Trinajstić information content (AvgIpc) is 2.28. The van der Waals surface area contributed by atoms with Gasteiger partial charge in [0.15, 0.2) is 0 Å². The van der Waals surface area contributed by atoms with E-state index in [1.165, 1.54) is 0 Å². The number of carbonyl (C=O) groups excluding carboxylic acids is 1. The number of aliphatic hydroxyl groups is 1. The maximum absolute atomic E-state index is 12.0. The van der Waals surface area contributed by atoms with Gasteiger partial charge in [0, 0.05) is 6.04 Å². The van der Waals surface area contributed by atoms with Crippen LogP contribution in [0, 0.1) is 5.41 Å². The zero-order valence-corrected chi connectivity index (χ0v) is 13.2. The molecule has 0 radical (unpaired) electrons. The van der Waals surface area contributed by atoms with E-state index in [1.54, 1.807) is 0 Å². The van der Waals surface area contributed by atoms with Crippen molar-refractivity contribution in [3.63, 3.8) is 0 Å². The molecule has 4 N–H and O–H groups in total. The van der Waals surface area contributed by atoms with E-state index < -0.39 is 24.1 Å². The number of carbonyl (C=O) groups is 2. The number of rotatable bonds is 5. The SMILES string of the molecule is CC(C)(C)CC(CC(=O)O)NC(=O)NC1CCCCC1O. The largest absolute Gasteiger partial charge is 0.481 e. The van der Waals surface area contributed by atoms with Gasteiger partial charge in [-0.15, -0.1) is 0 Å². The van der Waals surface area contributed by atoms with Crippen molar-refractivity contribution >= 4 is 12.0 Å². The summed E-state index contributed by atoms with van der Waals surface area (Å²) in [7, 11) is 0. The standard InChI is InChI=1S/C15H28N2O4/c1-15(2,3)9-10(8-13(19)20)16-14(21)17-11-6-4-5-7-12(11)18/h10-12,18H,4-9H2,1-3H3,(H,19,20)(H2,16,17,21). The van der Waals surface area contributed by atoms with Gasteiger partial charge in [-0.3, -0.25) is 4.79 Å². The Morgan fingerprint density at radius 2 is 1.86 bits per heavy atom. The van der Waals surface area contributed by atoms with Crippen LogP contribution in [0.5, 0.6) is 0 Å². The Kier molecular flexibility index (Phi) is 6.45. The number of aliphatic carboxylic acids is 1. The molecule has 0 bridgehead atoms. The van der Waals surface area contributed by atoms with E-state index in [4.69, 9.17) is 5.11 Å². The molecule has 0 aromatic rings. The van der Waals surface area contributed by atoms with Crippen molar-refractivity contribution in [3.8, 4) is 0 Å². The molecule has 1 saturated carbocycles. The van der Waals surface area contributed by atoms with Gasteiger partial charge in [-0.2, -0.15) is 0 Å². The molecule has 1 aliphatic carbocycles. The summed E-state index contributed by atoms with van der Waals surface area (Å²) < 4.78 is 0. The summed E-state index contributed by atoms with van der Waals surface area (Å²) in [5.74, 6) is -0.928. The molecule has 3 unspecified atom stereocenters. The molecule has 21 heavy (non-hydrogen) atoms. The van der Waals surface area contributed by atoms with Crippen LogP contribution in [0.2, 0.25) is 0 Å². The number of nitrogens with one attached hydrogen (secondary N) is 2. The van der Waals surface area contributed by atoms with E-state index in [0.29, 0.717) is 12.8 Å². The maximum Gasteiger partial charge on any atom is 0.315 e. The normalized spacial score (nSPS) is 24.2. The van der Waals surface area contributed by atoms with Crippen molar-refractivity contribution in [2.75, 3.05) is 0 Å². The number of aliphatic hydroxyl groups excluding tert-OH is 1. The molecular formula is C15H28N2O4. The molecule has 122 valence electrons. The fraction of sp³-hybridized carbons (Fsp3) is 0.867. The summed E-state index contributed by atoms with van der Waals surface area (Å²) in [6.45, 7) is 6.02. The Balaban J connectivity index is 2.52. The predicted octanol–water partition coefficient (Wildman–Crippen LogP) is 1.87. The Morgan fingerprint density at radius 3 is 2.38 bits per heavy atom. The van der Waals surface area contributed by atoms with Crippen molar-refractivity contribution in [2.24, 2.45) is 5.41 Å². The second kappa shape index (κ2) is 7.64. The fourth-order valence-corrected chi connectivity index (χ4v) is 2.80. The van der Waals surface area contributed by atoms with Crippen LogP contribution in [0.1, 0.15) is 59.3 Å². The summed E-state index contributed by atoms with van der Waals surface area (Å²) in [5, 5.41) is 24.3. The number of urea groups is 1. The lowest BCUT2D eigenvalue weighted by Gasteiger charge is -2.30. The minimum Gasteiger partial charge on any atom is -0.481 e. The summed E-state index contributed by atoms with van der Waals surface area (Å²) in [6.07, 6.45) is 3.40. The quantitative estimate of drug-likeness (QED) is 0.623. The van der Waals surface area contributed by atoms with E-state index in [0.717, 1.165) is 19.3 Å². The van der Waals surface area contributed by atoms with Crippen LogP contribution < -0.4 is 10.6 Å². The number of hydrogen-bond acceptors (Lipinski definition) is 3. The monoisotopic (exact) mass is 300 g/mol. The van der Waals surface area contributed by atoms with Gasteiger partial charge >= 0.3 is 12.0 Å². The molecule has 0 spiro atoms. The molecule has 0 heterocycles. The smallest absolute Gasteiger partial charge is 0.315 e. The third kappa shape index (κ3) is 7.32. The van der Waals surface area contributed by atoms with Crippen LogP contribution >= 0.6 is 0 Å². The van der Waals surface area contributed by atoms with Crippen LogP contribution in [0.3, 0.4) is 0 Å². The van der Waals surface area contributed by atoms with E-state index in [-0.39, 0.29) is 17.9 Å². The van der Waals surface area contributed by atoms with E-state index in [1.807, 2.05) is 20.8 Å². The fourth-order valence-electron chi connectivity index (χ4n) is 2.80. The molecular weight excluding hydrogens is 272 g/mol. The van der Waals surface area contributed by atoms with Gasteiger partial charge in [0.2, 0.25) is 0 Å². The van der Waals surface area contributed by atoms with E-state index >= 15 is 0 Å². The van der Waals surface area contributed by atoms with Gasteiger partial charge in [-0.25, -0.2) is 4.79 Å². The van der Waals surface area contributed by atoms with Crippen LogP contribution in [-0.4, -0.2) is 40.4 Å². The molecule has 3 atom stereocenters. The lowest BCUT2D eigenvalue weighted by molar-refractivity contribution is -0.137. The highest BCUT2D eigenvalue weighted by atomic mass is 16.4. The number of carboxylic acids is 1. The Labute approximate surface area is 126 Å². The minimum absolute atomic E-state index is 0.0717. The molecule has 6 nitrogen and oxygen atoms in total. The Hall–Kier alpha value is -1.30. The number of carboxylic acid groups (broad SMARTS) is 1. The maximum atomic E-state index is 12.0. The molecule has 1 aliphatic rings. The lowest BCUT2D eigenvalue weighted by Crippen LogP contribution is -2.52. The van der Waals surface area contributed by atoms with Crippen molar-refractivity contribution in [1.82, 2.24) is 10.6 Å². The van der Waals surface area contributed by atoms with Crippen LogP contribution in [0.25, 0.3) is 0 Å². The van der Waals surface area contributed by atoms with Crippen molar-refractivity contribution in [2.45, 2.75) is 77.5 Å². The van der Waals surface area contributed by atoms with E-state index in [2.05, 4.69) is 10.6 Å². The van der Waals surface area contributed by atoms with Gasteiger partial charge < -0.3 is 20.8 Å². The molecule has 0 aromatic heterocycles. The summed E-state index contributed by atoms with van der Waals surface area (Å²) in [5.41, 5.74) is -0.0717. The van der Waals surface area contributed by atoms with Crippen molar-refractivity contribution in [1.29, 1.82) is 0 Å². The Bertz CT molecular complexity index is 365. The molecule has 6 heteroatoms. The van der Waals surface area contributed by atoms with Gasteiger partial charge in [0.05, 0.1) is 18.6 Å². The number of hydrogen-bond donors (Lipinski definition) is 4. The zero-order chi connectivity index (χ0) is 16.0. The topological polar surface area (TPSA) is 98.7 Å². The van der Waals surface area contributed by atoms with Crippen molar-refractivity contribution < 1.29 is 19.8 Å². The first-order chi connectivity index (χ1) is 9.67. The minimum atomic E-state index is -0.928. The molecule has 2 amide bonds. The van der Waals surface area contributed by atoms with Gasteiger partial charge in [0.1, 0.15) is 0 Å². The zero-order valence-electron chi connectivity index (χ0n) is 13.2. The highest BCUT2D eigenvalue weighted by molar-refractivity contribution is 5.76. The molecule has 0 aliphatic heterocycles.